The first-order valence-electron chi connectivity index (χ1n) is 13.7. The van der Waals surface area contributed by atoms with Gasteiger partial charge in [-0.2, -0.15) is 0 Å². The molecule has 0 aliphatic carbocycles. The molecule has 9 nitrogen and oxygen atoms in total. The molecule has 0 spiro atoms. The van der Waals surface area contributed by atoms with Gasteiger partial charge in [0.15, 0.2) is 0 Å². The molecule has 0 bridgehead atoms. The van der Waals surface area contributed by atoms with E-state index in [1.54, 1.807) is 0 Å². The highest BCUT2D eigenvalue weighted by atomic mass is 16.6. The van der Waals surface area contributed by atoms with Gasteiger partial charge < -0.3 is 24.3 Å². The predicted molar refractivity (Wildman–Crippen MR) is 154 cm³/mol. The second-order valence-electron chi connectivity index (χ2n) is 9.20. The van der Waals surface area contributed by atoms with Crippen LogP contribution in [0.2, 0.25) is 0 Å². The van der Waals surface area contributed by atoms with Crippen LogP contribution in [0.4, 0.5) is 4.79 Å². The zero-order valence-corrected chi connectivity index (χ0v) is 23.2. The second kappa shape index (κ2) is 19.0. The van der Waals surface area contributed by atoms with E-state index in [9.17, 15) is 14.4 Å². The molecule has 41 heavy (non-hydrogen) atoms. The van der Waals surface area contributed by atoms with Crippen molar-refractivity contribution in [2.75, 3.05) is 33.2 Å². The molecule has 0 heterocycles. The SMILES string of the molecule is O=C(CCc1ccccc1)OCCOCNCc1cccc(CNC(=O)OCCOC(=O)CCc2ccccc2)c1. The van der Waals surface area contributed by atoms with Crippen LogP contribution in [-0.2, 0) is 54.5 Å². The first-order chi connectivity index (χ1) is 20.1. The number of rotatable bonds is 18. The molecule has 9 heteroatoms. The van der Waals surface area contributed by atoms with Crippen LogP contribution in [0.25, 0.3) is 0 Å². The molecule has 0 aromatic heterocycles. The Morgan fingerprint density at radius 1 is 0.561 bits per heavy atom. The highest BCUT2D eigenvalue weighted by Crippen LogP contribution is 2.06. The highest BCUT2D eigenvalue weighted by Gasteiger charge is 2.07. The molecule has 2 N–H and O–H groups in total. The van der Waals surface area contributed by atoms with Gasteiger partial charge in [0, 0.05) is 25.9 Å². The summed E-state index contributed by atoms with van der Waals surface area (Å²) < 4.78 is 20.9. The number of ether oxygens (including phenoxy) is 4. The number of esters is 2. The van der Waals surface area contributed by atoms with Crippen molar-refractivity contribution in [2.45, 2.75) is 38.8 Å². The zero-order valence-electron chi connectivity index (χ0n) is 23.2. The topological polar surface area (TPSA) is 112 Å². The maximum atomic E-state index is 12.0. The number of amides is 1. The van der Waals surface area contributed by atoms with Gasteiger partial charge in [-0.05, 0) is 35.1 Å². The molecule has 218 valence electrons. The fourth-order valence-electron chi connectivity index (χ4n) is 3.85. The minimum Gasteiger partial charge on any atom is -0.463 e. The van der Waals surface area contributed by atoms with Gasteiger partial charge in [-0.1, -0.05) is 84.9 Å². The summed E-state index contributed by atoms with van der Waals surface area (Å²) in [6.07, 6.45) is 1.30. The van der Waals surface area contributed by atoms with Crippen molar-refractivity contribution < 1.29 is 33.3 Å². The summed E-state index contributed by atoms with van der Waals surface area (Å²) in [6, 6.07) is 27.3. The van der Waals surface area contributed by atoms with Crippen LogP contribution in [0.5, 0.6) is 0 Å². The molecular weight excluding hydrogens is 524 g/mol. The molecule has 0 aliphatic heterocycles. The van der Waals surface area contributed by atoms with Gasteiger partial charge in [-0.3, -0.25) is 14.9 Å². The lowest BCUT2D eigenvalue weighted by Gasteiger charge is -2.10. The third kappa shape index (κ3) is 14.1. The summed E-state index contributed by atoms with van der Waals surface area (Å²) in [5.74, 6) is -0.565. The lowest BCUT2D eigenvalue weighted by molar-refractivity contribution is -0.145. The van der Waals surface area contributed by atoms with Crippen molar-refractivity contribution in [3.8, 4) is 0 Å². The van der Waals surface area contributed by atoms with Crippen molar-refractivity contribution >= 4 is 18.0 Å². The Bertz CT molecular complexity index is 1190. The molecule has 0 saturated carbocycles. The van der Waals surface area contributed by atoms with E-state index in [4.69, 9.17) is 18.9 Å². The van der Waals surface area contributed by atoms with Crippen molar-refractivity contribution in [3.63, 3.8) is 0 Å². The summed E-state index contributed by atoms with van der Waals surface area (Å²) in [6.45, 7) is 1.71. The van der Waals surface area contributed by atoms with Gasteiger partial charge in [0.05, 0.1) is 13.3 Å². The lowest BCUT2D eigenvalue weighted by Crippen LogP contribution is -2.25. The molecule has 0 aliphatic rings. The Morgan fingerprint density at radius 3 is 1.68 bits per heavy atom. The lowest BCUT2D eigenvalue weighted by atomic mass is 10.1. The van der Waals surface area contributed by atoms with Crippen LogP contribution >= 0.6 is 0 Å². The van der Waals surface area contributed by atoms with Crippen LogP contribution in [-0.4, -0.2) is 51.2 Å². The van der Waals surface area contributed by atoms with Crippen LogP contribution in [0.3, 0.4) is 0 Å². The van der Waals surface area contributed by atoms with E-state index in [1.807, 2.05) is 84.9 Å². The van der Waals surface area contributed by atoms with Gasteiger partial charge in [0.25, 0.3) is 0 Å². The van der Waals surface area contributed by atoms with E-state index < -0.39 is 6.09 Å². The van der Waals surface area contributed by atoms with Gasteiger partial charge in [0.1, 0.15) is 19.8 Å². The summed E-state index contributed by atoms with van der Waals surface area (Å²) in [5.41, 5.74) is 4.11. The Kier molecular flexibility index (Phi) is 14.5. The third-order valence-electron chi connectivity index (χ3n) is 5.95. The summed E-state index contributed by atoms with van der Waals surface area (Å²) in [5, 5.41) is 5.86. The van der Waals surface area contributed by atoms with Crippen LogP contribution in [0.1, 0.15) is 35.1 Å². The molecule has 3 aromatic carbocycles. The average molecular weight is 563 g/mol. The zero-order chi connectivity index (χ0) is 29.0. The summed E-state index contributed by atoms with van der Waals surface area (Å²) in [7, 11) is 0. The van der Waals surface area contributed by atoms with E-state index in [-0.39, 0.29) is 38.2 Å². The minimum atomic E-state index is -0.581. The fraction of sp³-hybridized carbons (Fsp3) is 0.344. The largest absolute Gasteiger partial charge is 0.463 e. The number of hydrogen-bond donors (Lipinski definition) is 2. The van der Waals surface area contributed by atoms with E-state index in [2.05, 4.69) is 10.6 Å². The second-order valence-corrected chi connectivity index (χ2v) is 9.20. The maximum absolute atomic E-state index is 12.0. The van der Waals surface area contributed by atoms with Crippen molar-refractivity contribution in [1.29, 1.82) is 0 Å². The number of benzene rings is 3. The van der Waals surface area contributed by atoms with Crippen LogP contribution in [0.15, 0.2) is 84.9 Å². The molecule has 3 aromatic rings. The number of hydrogen-bond acceptors (Lipinski definition) is 8. The van der Waals surface area contributed by atoms with Gasteiger partial charge in [0.2, 0.25) is 0 Å². The van der Waals surface area contributed by atoms with Crippen molar-refractivity contribution in [1.82, 2.24) is 10.6 Å². The molecule has 0 radical (unpaired) electrons. The van der Waals surface area contributed by atoms with Crippen LogP contribution < -0.4 is 10.6 Å². The molecule has 3 rings (SSSR count). The third-order valence-corrected chi connectivity index (χ3v) is 5.95. The molecule has 1 amide bonds. The average Bonchev–Trinajstić information content (AvgIpc) is 3.01. The van der Waals surface area contributed by atoms with E-state index >= 15 is 0 Å². The fourth-order valence-corrected chi connectivity index (χ4v) is 3.85. The van der Waals surface area contributed by atoms with Gasteiger partial charge >= 0.3 is 18.0 Å². The summed E-state index contributed by atoms with van der Waals surface area (Å²) >= 11 is 0. The Labute approximate surface area is 241 Å². The molecule has 0 saturated heterocycles. The van der Waals surface area contributed by atoms with Crippen LogP contribution in [0, 0.1) is 0 Å². The monoisotopic (exact) mass is 562 g/mol. The highest BCUT2D eigenvalue weighted by molar-refractivity contribution is 5.70. The molecule has 0 atom stereocenters. The van der Waals surface area contributed by atoms with Gasteiger partial charge in [-0.15, -0.1) is 0 Å². The molecule has 0 unspecified atom stereocenters. The standard InChI is InChI=1S/C32H38N2O7/c35-30(16-14-26-8-3-1-4-9-26)39-19-18-38-25-33-23-28-12-7-13-29(22-28)24-34-32(37)41-21-20-40-31(36)17-15-27-10-5-2-6-11-27/h1-13,22,33H,14-21,23-25H2,(H,34,37). The van der Waals surface area contributed by atoms with E-state index in [1.165, 1.54) is 0 Å². The minimum absolute atomic E-state index is 0.0141. The number of carbonyl (C=O) groups is 3. The molecular formula is C32H38N2O7. The number of nitrogens with one attached hydrogen (secondary N) is 2. The van der Waals surface area contributed by atoms with Crippen molar-refractivity contribution in [2.24, 2.45) is 0 Å². The maximum Gasteiger partial charge on any atom is 0.407 e. The van der Waals surface area contributed by atoms with E-state index in [0.29, 0.717) is 45.7 Å². The molecule has 0 fully saturated rings. The first-order valence-corrected chi connectivity index (χ1v) is 13.7. The number of alkyl carbamates (subject to hydrolysis) is 1. The first kappa shape index (κ1) is 31.3. The summed E-state index contributed by atoms with van der Waals surface area (Å²) in [4.78, 5) is 35.6. The number of carbonyl (C=O) groups excluding carboxylic acids is 3. The Morgan fingerprint density at radius 2 is 1.07 bits per heavy atom. The van der Waals surface area contributed by atoms with Crippen molar-refractivity contribution in [3.05, 3.63) is 107 Å². The Hall–Kier alpha value is -4.21. The predicted octanol–water partition coefficient (Wildman–Crippen LogP) is 4.33. The number of aryl methyl sites for hydroxylation is 2. The normalized spacial score (nSPS) is 10.5. The van der Waals surface area contributed by atoms with E-state index in [0.717, 1.165) is 22.3 Å². The smallest absolute Gasteiger partial charge is 0.407 e. The van der Waals surface area contributed by atoms with Gasteiger partial charge in [-0.25, -0.2) is 4.79 Å². The Balaban J connectivity index is 1.18. The quantitative estimate of drug-likeness (QED) is 0.102.